The maximum Gasteiger partial charge on any atom is 0.141 e. The van der Waals surface area contributed by atoms with E-state index in [1.54, 1.807) is 12.4 Å². The van der Waals surface area contributed by atoms with Gasteiger partial charge in [-0.25, -0.2) is 4.98 Å². The molecular weight excluding hydrogens is 178 g/mol. The summed E-state index contributed by atoms with van der Waals surface area (Å²) in [4.78, 5) is 7.94. The Morgan fingerprint density at radius 1 is 1.36 bits per heavy atom. The van der Waals surface area contributed by atoms with Crippen LogP contribution in [0.4, 0.5) is 0 Å². The van der Waals surface area contributed by atoms with E-state index in [0.717, 1.165) is 12.0 Å². The van der Waals surface area contributed by atoms with Crippen molar-refractivity contribution in [3.8, 4) is 0 Å². The molecule has 2 aromatic rings. The Morgan fingerprint density at radius 3 is 2.79 bits per heavy atom. The summed E-state index contributed by atoms with van der Waals surface area (Å²) < 4.78 is 0. The monoisotopic (exact) mass is 189 g/mol. The highest BCUT2D eigenvalue weighted by molar-refractivity contribution is 5.12. The maximum absolute atomic E-state index is 5.92. The van der Waals surface area contributed by atoms with Crippen LogP contribution in [0.15, 0.2) is 30.9 Å². The number of rotatable bonds is 3. The summed E-state index contributed by atoms with van der Waals surface area (Å²) in [6.45, 7) is 0. The topological polar surface area (TPSA) is 80.5 Å². The quantitative estimate of drug-likeness (QED) is 0.734. The third-order valence-electron chi connectivity index (χ3n) is 1.99. The number of H-pyrrole nitrogens is 1. The van der Waals surface area contributed by atoms with Crippen molar-refractivity contribution in [2.45, 2.75) is 12.5 Å². The molecule has 0 bridgehead atoms. The minimum Gasteiger partial charge on any atom is -0.321 e. The summed E-state index contributed by atoms with van der Waals surface area (Å²) in [5, 5.41) is 6.51. The molecule has 5 nitrogen and oxygen atoms in total. The van der Waals surface area contributed by atoms with Crippen LogP contribution < -0.4 is 5.73 Å². The smallest absolute Gasteiger partial charge is 0.141 e. The van der Waals surface area contributed by atoms with Crippen molar-refractivity contribution in [2.24, 2.45) is 5.73 Å². The van der Waals surface area contributed by atoms with Gasteiger partial charge in [0.05, 0.1) is 6.04 Å². The van der Waals surface area contributed by atoms with Crippen LogP contribution in [0.25, 0.3) is 0 Å². The molecule has 1 unspecified atom stereocenters. The zero-order chi connectivity index (χ0) is 9.80. The number of aromatic amines is 1. The molecule has 0 aliphatic carbocycles. The highest BCUT2D eigenvalue weighted by Crippen LogP contribution is 2.10. The van der Waals surface area contributed by atoms with Crippen molar-refractivity contribution in [1.82, 2.24) is 20.2 Å². The molecule has 14 heavy (non-hydrogen) atoms. The largest absolute Gasteiger partial charge is 0.321 e. The molecule has 0 aliphatic rings. The van der Waals surface area contributed by atoms with Gasteiger partial charge in [-0.2, -0.15) is 5.10 Å². The standard InChI is InChI=1S/C9H11N5/c10-8(9-12-6-13-14-9)5-7-1-3-11-4-2-7/h1-4,6,8H,5,10H2,(H,12,13,14). The van der Waals surface area contributed by atoms with E-state index in [9.17, 15) is 0 Å². The van der Waals surface area contributed by atoms with Gasteiger partial charge in [-0.1, -0.05) is 0 Å². The molecule has 0 saturated heterocycles. The van der Waals surface area contributed by atoms with E-state index >= 15 is 0 Å². The molecule has 3 N–H and O–H groups in total. The third kappa shape index (κ3) is 1.94. The Labute approximate surface area is 81.4 Å². The van der Waals surface area contributed by atoms with Gasteiger partial charge >= 0.3 is 0 Å². The fourth-order valence-corrected chi connectivity index (χ4v) is 1.26. The van der Waals surface area contributed by atoms with Crippen LogP contribution in [0.1, 0.15) is 17.4 Å². The van der Waals surface area contributed by atoms with Crippen molar-refractivity contribution in [3.63, 3.8) is 0 Å². The molecule has 72 valence electrons. The molecule has 2 aromatic heterocycles. The van der Waals surface area contributed by atoms with Crippen molar-refractivity contribution in [1.29, 1.82) is 0 Å². The van der Waals surface area contributed by atoms with Crippen LogP contribution in [0, 0.1) is 0 Å². The molecular formula is C9H11N5. The second kappa shape index (κ2) is 3.97. The Kier molecular flexibility index (Phi) is 2.51. The summed E-state index contributed by atoms with van der Waals surface area (Å²) in [5.41, 5.74) is 7.06. The van der Waals surface area contributed by atoms with Gasteiger partial charge in [0, 0.05) is 12.4 Å². The minimum atomic E-state index is -0.139. The zero-order valence-electron chi connectivity index (χ0n) is 7.59. The zero-order valence-corrected chi connectivity index (χ0v) is 7.59. The van der Waals surface area contributed by atoms with Gasteiger partial charge < -0.3 is 5.73 Å². The maximum atomic E-state index is 5.92. The fourth-order valence-electron chi connectivity index (χ4n) is 1.26. The predicted octanol–water partition coefficient (Wildman–Crippen LogP) is 0.442. The Bertz CT molecular complexity index is 369. The molecule has 0 fully saturated rings. The van der Waals surface area contributed by atoms with Gasteiger partial charge in [0.15, 0.2) is 0 Å². The predicted molar refractivity (Wildman–Crippen MR) is 51.3 cm³/mol. The molecule has 0 saturated carbocycles. The van der Waals surface area contributed by atoms with E-state index in [0.29, 0.717) is 5.82 Å². The van der Waals surface area contributed by atoms with Crippen LogP contribution in [-0.2, 0) is 6.42 Å². The molecule has 5 heteroatoms. The van der Waals surface area contributed by atoms with Gasteiger partial charge in [-0.3, -0.25) is 10.1 Å². The number of hydrogen-bond donors (Lipinski definition) is 2. The molecule has 0 aliphatic heterocycles. The molecule has 0 aromatic carbocycles. The minimum absolute atomic E-state index is 0.139. The second-order valence-electron chi connectivity index (χ2n) is 3.04. The van der Waals surface area contributed by atoms with Crippen molar-refractivity contribution in [2.75, 3.05) is 0 Å². The lowest BCUT2D eigenvalue weighted by Gasteiger charge is -2.07. The van der Waals surface area contributed by atoms with Gasteiger partial charge in [-0.05, 0) is 24.1 Å². The van der Waals surface area contributed by atoms with E-state index in [4.69, 9.17) is 5.73 Å². The molecule has 0 radical (unpaired) electrons. The molecule has 0 spiro atoms. The number of hydrogen-bond acceptors (Lipinski definition) is 4. The number of aromatic nitrogens is 4. The Hall–Kier alpha value is -1.75. The number of nitrogens with two attached hydrogens (primary N) is 1. The van der Waals surface area contributed by atoms with Crippen LogP contribution in [0.3, 0.4) is 0 Å². The van der Waals surface area contributed by atoms with Crippen molar-refractivity contribution >= 4 is 0 Å². The van der Waals surface area contributed by atoms with Gasteiger partial charge in [0.1, 0.15) is 12.2 Å². The van der Waals surface area contributed by atoms with E-state index in [1.807, 2.05) is 12.1 Å². The summed E-state index contributed by atoms with van der Waals surface area (Å²) in [6.07, 6.45) is 5.70. The number of pyridine rings is 1. The third-order valence-corrected chi connectivity index (χ3v) is 1.99. The number of nitrogens with zero attached hydrogens (tertiary/aromatic N) is 3. The van der Waals surface area contributed by atoms with Crippen LogP contribution >= 0.6 is 0 Å². The normalized spacial score (nSPS) is 12.6. The fraction of sp³-hybridized carbons (Fsp3) is 0.222. The van der Waals surface area contributed by atoms with E-state index < -0.39 is 0 Å². The molecule has 2 heterocycles. The lowest BCUT2D eigenvalue weighted by atomic mass is 10.1. The first-order valence-corrected chi connectivity index (χ1v) is 4.36. The first-order valence-electron chi connectivity index (χ1n) is 4.36. The van der Waals surface area contributed by atoms with Crippen LogP contribution in [0.2, 0.25) is 0 Å². The van der Waals surface area contributed by atoms with Crippen LogP contribution in [-0.4, -0.2) is 20.2 Å². The summed E-state index contributed by atoms with van der Waals surface area (Å²) in [6, 6.07) is 3.74. The average Bonchev–Trinajstić information content (AvgIpc) is 2.72. The van der Waals surface area contributed by atoms with E-state index in [2.05, 4.69) is 20.2 Å². The molecule has 0 amide bonds. The summed E-state index contributed by atoms with van der Waals surface area (Å²) in [7, 11) is 0. The molecule has 1 atom stereocenters. The first kappa shape index (κ1) is 8.83. The van der Waals surface area contributed by atoms with Gasteiger partial charge in [0.2, 0.25) is 0 Å². The summed E-state index contributed by atoms with van der Waals surface area (Å²) in [5.74, 6) is 0.710. The highest BCUT2D eigenvalue weighted by atomic mass is 15.2. The van der Waals surface area contributed by atoms with Gasteiger partial charge in [0.25, 0.3) is 0 Å². The lowest BCUT2D eigenvalue weighted by molar-refractivity contribution is 0.670. The van der Waals surface area contributed by atoms with Crippen molar-refractivity contribution in [3.05, 3.63) is 42.2 Å². The lowest BCUT2D eigenvalue weighted by Crippen LogP contribution is -2.15. The van der Waals surface area contributed by atoms with Crippen molar-refractivity contribution < 1.29 is 0 Å². The first-order chi connectivity index (χ1) is 6.86. The van der Waals surface area contributed by atoms with Gasteiger partial charge in [-0.15, -0.1) is 0 Å². The summed E-state index contributed by atoms with van der Waals surface area (Å²) >= 11 is 0. The SMILES string of the molecule is NC(Cc1ccncc1)c1ncn[nH]1. The average molecular weight is 189 g/mol. The number of nitrogens with one attached hydrogen (secondary N) is 1. The Morgan fingerprint density at radius 2 is 2.14 bits per heavy atom. The van der Waals surface area contributed by atoms with E-state index in [-0.39, 0.29) is 6.04 Å². The Balaban J connectivity index is 2.06. The second-order valence-corrected chi connectivity index (χ2v) is 3.04. The van der Waals surface area contributed by atoms with Crippen LogP contribution in [0.5, 0.6) is 0 Å². The van der Waals surface area contributed by atoms with E-state index in [1.165, 1.54) is 6.33 Å². The highest BCUT2D eigenvalue weighted by Gasteiger charge is 2.08. The molecule has 2 rings (SSSR count).